The molecule has 2 heterocycles. The molecule has 0 aliphatic heterocycles. The molecule has 0 atom stereocenters. The van der Waals surface area contributed by atoms with E-state index in [1.165, 1.54) is 11.3 Å². The molecule has 0 unspecified atom stereocenters. The fourth-order valence-corrected chi connectivity index (χ4v) is 3.76. The maximum absolute atomic E-state index is 12.8. The Bertz CT molecular complexity index is 1300. The van der Waals surface area contributed by atoms with Crippen LogP contribution in [0.4, 0.5) is 5.13 Å². The smallest absolute Gasteiger partial charge is 0.257 e. The van der Waals surface area contributed by atoms with Crippen molar-refractivity contribution in [2.45, 2.75) is 25.2 Å². The van der Waals surface area contributed by atoms with Gasteiger partial charge in [-0.1, -0.05) is 12.1 Å². The minimum atomic E-state index is -0.304. The maximum atomic E-state index is 12.8. The van der Waals surface area contributed by atoms with Gasteiger partial charge in [-0.3, -0.25) is 10.1 Å². The van der Waals surface area contributed by atoms with E-state index in [0.29, 0.717) is 58.7 Å². The van der Waals surface area contributed by atoms with Gasteiger partial charge in [0.05, 0.1) is 6.61 Å². The second-order valence-electron chi connectivity index (χ2n) is 7.76. The average Bonchev–Trinajstić information content (AvgIpc) is 3.34. The highest BCUT2D eigenvalue weighted by molar-refractivity contribution is 7.13. The molecule has 5 rings (SSSR count). The number of anilines is 1. The van der Waals surface area contributed by atoms with Crippen LogP contribution in [0.3, 0.4) is 0 Å². The molecule has 0 spiro atoms. The highest BCUT2D eigenvalue weighted by Crippen LogP contribution is 2.40. The van der Waals surface area contributed by atoms with Crippen LogP contribution in [0.5, 0.6) is 17.2 Å². The van der Waals surface area contributed by atoms with Crippen molar-refractivity contribution >= 4 is 22.4 Å². The van der Waals surface area contributed by atoms with Gasteiger partial charge < -0.3 is 13.9 Å². The SMILES string of the molecule is C=CCCOc1cc(Oc2cccc(-c3nnc(C4CC4)o3)c2)cc(C(=O)Nc2nccs2)c1. The highest BCUT2D eigenvalue weighted by Gasteiger charge is 2.29. The van der Waals surface area contributed by atoms with Crippen LogP contribution in [-0.2, 0) is 0 Å². The van der Waals surface area contributed by atoms with Gasteiger partial charge in [-0.2, -0.15) is 0 Å². The zero-order valence-electron chi connectivity index (χ0n) is 18.3. The predicted octanol–water partition coefficient (Wildman–Crippen LogP) is 6.07. The van der Waals surface area contributed by atoms with Gasteiger partial charge in [0.15, 0.2) is 5.13 Å². The zero-order chi connectivity index (χ0) is 23.3. The average molecular weight is 475 g/mol. The van der Waals surface area contributed by atoms with Crippen molar-refractivity contribution in [2.24, 2.45) is 0 Å². The number of nitrogens with one attached hydrogen (secondary N) is 1. The lowest BCUT2D eigenvalue weighted by Crippen LogP contribution is -2.12. The molecule has 4 aromatic rings. The molecule has 1 fully saturated rings. The number of benzene rings is 2. The number of carbonyl (C=O) groups excluding carboxylic acids is 1. The summed E-state index contributed by atoms with van der Waals surface area (Å²) in [6.45, 7) is 4.15. The van der Waals surface area contributed by atoms with E-state index < -0.39 is 0 Å². The van der Waals surface area contributed by atoms with Crippen LogP contribution in [0.15, 0.2) is 71.1 Å². The Kier molecular flexibility index (Phi) is 6.35. The lowest BCUT2D eigenvalue weighted by Gasteiger charge is -2.12. The van der Waals surface area contributed by atoms with Crippen molar-refractivity contribution in [3.05, 3.63) is 78.2 Å². The zero-order valence-corrected chi connectivity index (χ0v) is 19.1. The van der Waals surface area contributed by atoms with E-state index in [1.807, 2.05) is 24.3 Å². The molecule has 8 nitrogen and oxygen atoms in total. The van der Waals surface area contributed by atoms with Crippen LogP contribution in [0.2, 0.25) is 0 Å². The van der Waals surface area contributed by atoms with E-state index in [2.05, 4.69) is 27.1 Å². The van der Waals surface area contributed by atoms with Gasteiger partial charge in [0, 0.05) is 34.7 Å². The van der Waals surface area contributed by atoms with Crippen molar-refractivity contribution in [3.63, 3.8) is 0 Å². The van der Waals surface area contributed by atoms with Gasteiger partial charge in [0.2, 0.25) is 11.8 Å². The molecule has 34 heavy (non-hydrogen) atoms. The summed E-state index contributed by atoms with van der Waals surface area (Å²) in [7, 11) is 0. The standard InChI is InChI=1S/C25H22N4O4S/c1-2-3-10-31-20-13-18(22(30)27-25-26-9-11-34-25)14-21(15-20)32-19-6-4-5-17(12-19)24-29-28-23(33-24)16-7-8-16/h2,4-6,9,11-16H,1,3,7-8,10H2,(H,26,27,30). The van der Waals surface area contributed by atoms with E-state index >= 15 is 0 Å². The van der Waals surface area contributed by atoms with Crippen molar-refractivity contribution < 1.29 is 18.7 Å². The second kappa shape index (κ2) is 9.88. The van der Waals surface area contributed by atoms with Crippen LogP contribution < -0.4 is 14.8 Å². The summed E-state index contributed by atoms with van der Waals surface area (Å²) in [5.74, 6) is 2.77. The number of aromatic nitrogens is 3. The number of hydrogen-bond donors (Lipinski definition) is 1. The molecule has 0 saturated heterocycles. The van der Waals surface area contributed by atoms with Gasteiger partial charge in [0.1, 0.15) is 17.2 Å². The minimum Gasteiger partial charge on any atom is -0.493 e. The summed E-state index contributed by atoms with van der Waals surface area (Å²) in [4.78, 5) is 16.9. The largest absolute Gasteiger partial charge is 0.493 e. The van der Waals surface area contributed by atoms with Gasteiger partial charge in [-0.25, -0.2) is 4.98 Å². The highest BCUT2D eigenvalue weighted by atomic mass is 32.1. The molecule has 1 amide bonds. The topological polar surface area (TPSA) is 99.4 Å². The molecule has 0 radical (unpaired) electrons. The summed E-state index contributed by atoms with van der Waals surface area (Å²) in [5.41, 5.74) is 1.15. The molecule has 0 bridgehead atoms. The lowest BCUT2D eigenvalue weighted by molar-refractivity contribution is 0.102. The van der Waals surface area contributed by atoms with E-state index in [0.717, 1.165) is 18.4 Å². The van der Waals surface area contributed by atoms with Crippen LogP contribution >= 0.6 is 11.3 Å². The number of amides is 1. The normalized spacial score (nSPS) is 12.8. The van der Waals surface area contributed by atoms with Crippen molar-refractivity contribution in [2.75, 3.05) is 11.9 Å². The predicted molar refractivity (Wildman–Crippen MR) is 129 cm³/mol. The van der Waals surface area contributed by atoms with Crippen molar-refractivity contribution in [3.8, 4) is 28.7 Å². The van der Waals surface area contributed by atoms with E-state index in [-0.39, 0.29) is 5.91 Å². The molecule has 9 heteroatoms. The first-order chi connectivity index (χ1) is 16.7. The number of nitrogens with zero attached hydrogens (tertiary/aromatic N) is 3. The first-order valence-electron chi connectivity index (χ1n) is 10.9. The third-order valence-electron chi connectivity index (χ3n) is 5.07. The first-order valence-corrected chi connectivity index (χ1v) is 11.8. The molecule has 2 aromatic heterocycles. The quantitative estimate of drug-likeness (QED) is 0.220. The Morgan fingerprint density at radius 3 is 2.85 bits per heavy atom. The van der Waals surface area contributed by atoms with Crippen LogP contribution in [-0.4, -0.2) is 27.7 Å². The summed E-state index contributed by atoms with van der Waals surface area (Å²) in [5, 5.41) is 13.4. The number of ether oxygens (including phenoxy) is 2. The van der Waals surface area contributed by atoms with Gasteiger partial charge >= 0.3 is 0 Å². The van der Waals surface area contributed by atoms with Crippen LogP contribution in [0.25, 0.3) is 11.5 Å². The van der Waals surface area contributed by atoms with Crippen molar-refractivity contribution in [1.82, 2.24) is 15.2 Å². The molecule has 1 saturated carbocycles. The molecule has 172 valence electrons. The molecule has 2 aromatic carbocycles. The lowest BCUT2D eigenvalue weighted by atomic mass is 10.2. The van der Waals surface area contributed by atoms with E-state index in [9.17, 15) is 4.79 Å². The van der Waals surface area contributed by atoms with Crippen molar-refractivity contribution in [1.29, 1.82) is 0 Å². The Morgan fingerprint density at radius 1 is 1.18 bits per heavy atom. The van der Waals surface area contributed by atoms with Gasteiger partial charge in [-0.05, 0) is 49.6 Å². The van der Waals surface area contributed by atoms with Gasteiger partial charge in [0.25, 0.3) is 5.91 Å². The van der Waals surface area contributed by atoms with Crippen LogP contribution in [0, 0.1) is 0 Å². The maximum Gasteiger partial charge on any atom is 0.257 e. The van der Waals surface area contributed by atoms with Gasteiger partial charge in [-0.15, -0.1) is 28.1 Å². The second-order valence-corrected chi connectivity index (χ2v) is 8.65. The number of thiazole rings is 1. The Morgan fingerprint density at radius 2 is 2.06 bits per heavy atom. The molecule has 1 aliphatic carbocycles. The fraction of sp³-hybridized carbons (Fsp3) is 0.200. The first kappa shape index (κ1) is 21.8. The summed E-state index contributed by atoms with van der Waals surface area (Å²) >= 11 is 1.34. The number of rotatable bonds is 10. The molecular weight excluding hydrogens is 452 g/mol. The summed E-state index contributed by atoms with van der Waals surface area (Å²) in [6, 6.07) is 12.5. The fourth-order valence-electron chi connectivity index (χ4n) is 3.23. The third kappa shape index (κ3) is 5.32. The van der Waals surface area contributed by atoms with E-state index in [4.69, 9.17) is 13.9 Å². The summed E-state index contributed by atoms with van der Waals surface area (Å²) in [6.07, 6.45) is 6.27. The third-order valence-corrected chi connectivity index (χ3v) is 5.76. The molecule has 1 aliphatic rings. The molecular formula is C25H22N4O4S. The van der Waals surface area contributed by atoms with E-state index in [1.54, 1.807) is 35.9 Å². The Hall–Kier alpha value is -3.98. The monoisotopic (exact) mass is 474 g/mol. The summed E-state index contributed by atoms with van der Waals surface area (Å²) < 4.78 is 17.7. The minimum absolute atomic E-state index is 0.304. The Labute approximate surface area is 200 Å². The Balaban J connectivity index is 1.38. The number of hydrogen-bond acceptors (Lipinski definition) is 8. The molecule has 1 N–H and O–H groups in total. The number of carbonyl (C=O) groups is 1. The van der Waals surface area contributed by atoms with Crippen LogP contribution in [0.1, 0.15) is 41.4 Å².